The van der Waals surface area contributed by atoms with Gasteiger partial charge in [-0.25, -0.2) is 4.79 Å². The number of halogens is 3. The van der Waals surface area contributed by atoms with Crippen LogP contribution in [-0.4, -0.2) is 54.8 Å². The molecule has 4 atom stereocenters. The number of amides is 4. The van der Waals surface area contributed by atoms with Crippen molar-refractivity contribution in [2.24, 2.45) is 11.8 Å². The smallest absolute Gasteiger partial charge is 0.408 e. The van der Waals surface area contributed by atoms with E-state index in [0.717, 1.165) is 31.7 Å². The summed E-state index contributed by atoms with van der Waals surface area (Å²) in [7, 11) is 0. The quantitative estimate of drug-likeness (QED) is 0.219. The van der Waals surface area contributed by atoms with Crippen LogP contribution in [-0.2, 0) is 29.8 Å². The van der Waals surface area contributed by atoms with Crippen LogP contribution in [0.1, 0.15) is 69.1 Å². The van der Waals surface area contributed by atoms with Gasteiger partial charge in [0.2, 0.25) is 17.6 Å². The minimum atomic E-state index is -3.71. The Morgan fingerprint density at radius 1 is 0.978 bits per heavy atom. The monoisotopic (exact) mass is 660 g/mol. The lowest BCUT2D eigenvalue weighted by Crippen LogP contribution is -2.55. The van der Waals surface area contributed by atoms with Crippen LogP contribution in [0.4, 0.5) is 13.6 Å². The summed E-state index contributed by atoms with van der Waals surface area (Å²) in [6.07, 6.45) is 0.578. The van der Waals surface area contributed by atoms with E-state index >= 15 is 8.78 Å². The lowest BCUT2D eigenvalue weighted by Gasteiger charge is -2.29. The van der Waals surface area contributed by atoms with Gasteiger partial charge in [-0.1, -0.05) is 79.7 Å². The Morgan fingerprint density at radius 3 is 2.33 bits per heavy atom. The molecule has 10 nitrogen and oxygen atoms in total. The molecule has 1 aliphatic carbocycles. The van der Waals surface area contributed by atoms with Gasteiger partial charge >= 0.3 is 12.0 Å². The molecule has 0 aromatic heterocycles. The summed E-state index contributed by atoms with van der Waals surface area (Å²) >= 11 is 5.99. The molecular formula is C33H39ClF2N4O6. The maximum absolute atomic E-state index is 15.9. The normalized spacial score (nSPS) is 18.6. The molecule has 46 heavy (non-hydrogen) atoms. The third-order valence-electron chi connectivity index (χ3n) is 8.40. The fraction of sp³-hybridized carbons (Fsp3) is 0.485. The Labute approximate surface area is 271 Å². The van der Waals surface area contributed by atoms with Crippen molar-refractivity contribution < 1.29 is 37.5 Å². The zero-order chi connectivity index (χ0) is 33.3. The van der Waals surface area contributed by atoms with E-state index in [0.29, 0.717) is 13.0 Å². The number of carbonyl (C=O) groups is 5. The molecular weight excluding hydrogens is 622 g/mol. The molecule has 2 fully saturated rings. The van der Waals surface area contributed by atoms with Gasteiger partial charge in [0, 0.05) is 29.6 Å². The van der Waals surface area contributed by atoms with Gasteiger partial charge in [0.1, 0.15) is 6.04 Å². The largest absolute Gasteiger partial charge is 0.434 e. The van der Waals surface area contributed by atoms with Crippen molar-refractivity contribution in [1.29, 1.82) is 0 Å². The second kappa shape index (κ2) is 16.0. The molecule has 0 radical (unpaired) electrons. The molecule has 13 heteroatoms. The van der Waals surface area contributed by atoms with Crippen LogP contribution in [0.2, 0.25) is 5.02 Å². The number of ketones is 1. The van der Waals surface area contributed by atoms with E-state index in [2.05, 4.69) is 21.3 Å². The van der Waals surface area contributed by atoms with Crippen LogP contribution < -0.4 is 21.3 Å². The Bertz CT molecular complexity index is 1410. The summed E-state index contributed by atoms with van der Waals surface area (Å²) in [5.41, 5.74) is -0.452. The second-order valence-electron chi connectivity index (χ2n) is 11.7. The fourth-order valence-corrected chi connectivity index (χ4v) is 6.18. The summed E-state index contributed by atoms with van der Waals surface area (Å²) in [5.74, 6) is -7.19. The topological polar surface area (TPSA) is 143 Å². The highest BCUT2D eigenvalue weighted by atomic mass is 35.5. The lowest BCUT2D eigenvalue weighted by molar-refractivity contribution is -0.141. The number of likely N-dealkylation sites (N-methyl/N-ethyl adjacent to an activating group) is 1. The molecule has 1 aliphatic heterocycles. The van der Waals surface area contributed by atoms with Gasteiger partial charge in [-0.2, -0.15) is 8.78 Å². The molecule has 0 bridgehead atoms. The lowest BCUT2D eigenvalue weighted by atomic mass is 9.94. The van der Waals surface area contributed by atoms with E-state index in [9.17, 15) is 24.0 Å². The van der Waals surface area contributed by atoms with Crippen LogP contribution in [0.3, 0.4) is 0 Å². The molecule has 1 heterocycles. The van der Waals surface area contributed by atoms with Crippen LogP contribution in [0, 0.1) is 11.8 Å². The minimum Gasteiger partial charge on any atom is -0.434 e. The molecule has 1 saturated carbocycles. The summed E-state index contributed by atoms with van der Waals surface area (Å²) < 4.78 is 37.3. The second-order valence-corrected chi connectivity index (χ2v) is 12.1. The molecule has 4 amide bonds. The van der Waals surface area contributed by atoms with Crippen molar-refractivity contribution in [3.8, 4) is 0 Å². The van der Waals surface area contributed by atoms with Crippen LogP contribution in [0.15, 0.2) is 54.6 Å². The van der Waals surface area contributed by atoms with E-state index < -0.39 is 59.3 Å². The highest BCUT2D eigenvalue weighted by molar-refractivity contribution is 6.38. The van der Waals surface area contributed by atoms with Gasteiger partial charge in [0.15, 0.2) is 6.10 Å². The summed E-state index contributed by atoms with van der Waals surface area (Å²) in [5, 5.41) is 10.2. The van der Waals surface area contributed by atoms with E-state index in [4.69, 9.17) is 16.3 Å². The van der Waals surface area contributed by atoms with E-state index in [-0.39, 0.29) is 41.8 Å². The molecule has 2 aromatic rings. The highest BCUT2D eigenvalue weighted by Gasteiger charge is 2.46. The molecule has 2 aromatic carbocycles. The average molecular weight is 661 g/mol. The van der Waals surface area contributed by atoms with Crippen molar-refractivity contribution in [1.82, 2.24) is 21.3 Å². The van der Waals surface area contributed by atoms with Crippen LogP contribution in [0.5, 0.6) is 0 Å². The Kier molecular flexibility index (Phi) is 12.1. The zero-order valence-electron chi connectivity index (χ0n) is 25.5. The van der Waals surface area contributed by atoms with Gasteiger partial charge < -0.3 is 26.0 Å². The molecule has 248 valence electrons. The third-order valence-corrected chi connectivity index (χ3v) is 8.63. The summed E-state index contributed by atoms with van der Waals surface area (Å²) in [4.78, 5) is 64.8. The number of alkyl halides is 2. The van der Waals surface area contributed by atoms with Crippen molar-refractivity contribution >= 4 is 41.2 Å². The van der Waals surface area contributed by atoms with Gasteiger partial charge in [0.25, 0.3) is 5.91 Å². The Balaban J connectivity index is 1.57. The number of Topliss-reactive ketones (excluding diaryl/α,β-unsaturated/α-hetero) is 1. The Morgan fingerprint density at radius 2 is 1.70 bits per heavy atom. The maximum atomic E-state index is 15.9. The zero-order valence-corrected chi connectivity index (χ0v) is 26.3. The van der Waals surface area contributed by atoms with Crippen molar-refractivity contribution in [3.63, 3.8) is 0 Å². The number of hydrogen-bond donors (Lipinski definition) is 4. The van der Waals surface area contributed by atoms with Gasteiger partial charge in [0.05, 0.1) is 6.04 Å². The van der Waals surface area contributed by atoms with Crippen molar-refractivity contribution in [2.75, 3.05) is 13.1 Å². The first kappa shape index (κ1) is 34.8. The minimum absolute atomic E-state index is 0.0156. The molecule has 4 rings (SSSR count). The molecule has 2 aliphatic rings. The number of benzene rings is 2. The van der Waals surface area contributed by atoms with Crippen molar-refractivity contribution in [2.45, 2.75) is 76.0 Å². The van der Waals surface area contributed by atoms with Crippen molar-refractivity contribution in [3.05, 3.63) is 70.7 Å². The van der Waals surface area contributed by atoms with Gasteiger partial charge in [-0.15, -0.1) is 0 Å². The highest BCUT2D eigenvalue weighted by Crippen LogP contribution is 2.43. The number of rotatable bonds is 14. The SMILES string of the molecule is CCNC(=O)C(=O)[C@H](C[C@@H]1CCNC1=O)NC(=O)[C@H](CC1CCCC1)NC(=O)OC(c1ccccc1)C(F)(F)c1cccc(Cl)c1. The predicted octanol–water partition coefficient (Wildman–Crippen LogP) is 4.56. The first-order valence-corrected chi connectivity index (χ1v) is 15.9. The van der Waals surface area contributed by atoms with E-state index in [1.54, 1.807) is 13.0 Å². The fourth-order valence-electron chi connectivity index (χ4n) is 5.98. The molecule has 4 N–H and O–H groups in total. The maximum Gasteiger partial charge on any atom is 0.408 e. The van der Waals surface area contributed by atoms with Crippen LogP contribution >= 0.6 is 11.6 Å². The van der Waals surface area contributed by atoms with Crippen LogP contribution in [0.25, 0.3) is 0 Å². The number of alkyl carbamates (subject to hydrolysis) is 1. The number of hydrogen-bond acceptors (Lipinski definition) is 6. The molecule has 1 unspecified atom stereocenters. The summed E-state index contributed by atoms with van der Waals surface area (Å²) in [6.45, 7) is 2.21. The van der Waals surface area contributed by atoms with E-state index in [1.165, 1.54) is 42.5 Å². The van der Waals surface area contributed by atoms with E-state index in [1.807, 2.05) is 0 Å². The first-order chi connectivity index (χ1) is 22.0. The number of ether oxygens (including phenoxy) is 1. The first-order valence-electron chi connectivity index (χ1n) is 15.6. The average Bonchev–Trinajstić information content (AvgIpc) is 3.70. The summed E-state index contributed by atoms with van der Waals surface area (Å²) in [6, 6.07) is 9.95. The third kappa shape index (κ3) is 9.02. The standard InChI is InChI=1S/C33H39ClF2N4O6/c1-2-37-31(44)27(41)25(18-22-15-16-38-29(22)42)39-30(43)26(17-20-9-6-7-10-20)40-32(45)46-28(21-11-4-3-5-12-21)33(35,36)23-13-8-14-24(34)19-23/h3-5,8,11-14,19-20,22,25-26,28H,2,6-7,9-10,15-18H2,1H3,(H,37,44)(H,38,42)(H,39,43)(H,40,45)/t22-,25-,26-,28?/m0/s1. The van der Waals surface area contributed by atoms with Gasteiger partial charge in [-0.3, -0.25) is 19.2 Å². The Hall–Kier alpha value is -4.06. The number of carbonyl (C=O) groups excluding carboxylic acids is 5. The van der Waals surface area contributed by atoms with Gasteiger partial charge in [-0.05, 0) is 49.8 Å². The molecule has 0 spiro atoms. The molecule has 1 saturated heterocycles. The predicted molar refractivity (Wildman–Crippen MR) is 166 cm³/mol. The number of nitrogens with one attached hydrogen (secondary N) is 4.